The summed E-state index contributed by atoms with van der Waals surface area (Å²) in [7, 11) is 0. The number of nitrogens with zero attached hydrogens (tertiary/aromatic N) is 4. The van der Waals surface area contributed by atoms with Gasteiger partial charge in [0, 0.05) is 18.3 Å². The van der Waals surface area contributed by atoms with E-state index in [1.54, 1.807) is 17.7 Å². The molecule has 0 spiro atoms. The molecule has 3 aromatic rings. The van der Waals surface area contributed by atoms with Crippen molar-refractivity contribution in [2.45, 2.75) is 25.4 Å². The number of hydrogen-bond donors (Lipinski definition) is 1. The molecule has 0 bridgehead atoms. The summed E-state index contributed by atoms with van der Waals surface area (Å²) in [5.41, 5.74) is 3.51. The van der Waals surface area contributed by atoms with Gasteiger partial charge < -0.3 is 0 Å². The summed E-state index contributed by atoms with van der Waals surface area (Å²) in [6.45, 7) is 2.00. The summed E-state index contributed by atoms with van der Waals surface area (Å²) in [6.07, 6.45) is 7.78. The van der Waals surface area contributed by atoms with Crippen LogP contribution in [-0.4, -0.2) is 31.6 Å². The fourth-order valence-corrected chi connectivity index (χ4v) is 3.89. The van der Waals surface area contributed by atoms with Crippen molar-refractivity contribution in [1.29, 1.82) is 0 Å². The normalized spacial score (nSPS) is 18.8. The third kappa shape index (κ3) is 2.55. The standard InChI is InChI=1S/C16H17N5S/c1-3-14(13-5-6-17-11-18-13)21(7-1)10-12-9-19-20-16(12)15-4-2-8-22-15/h2,4-6,8-9,11,14H,1,3,7,10H2,(H,19,20)/t14-/m0/s1. The number of nitrogens with one attached hydrogen (secondary N) is 1. The topological polar surface area (TPSA) is 57.7 Å². The second-order valence-electron chi connectivity index (χ2n) is 5.51. The fraction of sp³-hybridized carbons (Fsp3) is 0.312. The highest BCUT2D eigenvalue weighted by Gasteiger charge is 2.28. The average Bonchev–Trinajstić information content (AvgIpc) is 3.30. The van der Waals surface area contributed by atoms with Crippen molar-refractivity contribution in [2.75, 3.05) is 6.54 Å². The molecule has 0 saturated carbocycles. The fourth-order valence-electron chi connectivity index (χ4n) is 3.13. The van der Waals surface area contributed by atoms with Crippen molar-refractivity contribution in [3.63, 3.8) is 0 Å². The zero-order valence-corrected chi connectivity index (χ0v) is 13.0. The van der Waals surface area contributed by atoms with Gasteiger partial charge in [-0.25, -0.2) is 9.97 Å². The predicted molar refractivity (Wildman–Crippen MR) is 86.3 cm³/mol. The van der Waals surface area contributed by atoms with E-state index in [1.807, 2.05) is 18.5 Å². The van der Waals surface area contributed by atoms with E-state index in [0.717, 1.165) is 30.9 Å². The molecule has 0 aromatic carbocycles. The summed E-state index contributed by atoms with van der Waals surface area (Å²) >= 11 is 1.74. The van der Waals surface area contributed by atoms with Gasteiger partial charge in [-0.15, -0.1) is 11.3 Å². The van der Waals surface area contributed by atoms with Crippen LogP contribution in [0.4, 0.5) is 0 Å². The van der Waals surface area contributed by atoms with Gasteiger partial charge >= 0.3 is 0 Å². The number of thiophene rings is 1. The van der Waals surface area contributed by atoms with Gasteiger partial charge in [0.05, 0.1) is 28.5 Å². The van der Waals surface area contributed by atoms with E-state index in [-0.39, 0.29) is 0 Å². The minimum Gasteiger partial charge on any atom is -0.290 e. The van der Waals surface area contributed by atoms with E-state index >= 15 is 0 Å². The highest BCUT2D eigenvalue weighted by atomic mass is 32.1. The summed E-state index contributed by atoms with van der Waals surface area (Å²) in [6, 6.07) is 6.62. The molecule has 22 heavy (non-hydrogen) atoms. The van der Waals surface area contributed by atoms with Crippen molar-refractivity contribution >= 4 is 11.3 Å². The Balaban J connectivity index is 1.58. The number of likely N-dealkylation sites (tertiary alicyclic amines) is 1. The summed E-state index contributed by atoms with van der Waals surface area (Å²) in [4.78, 5) is 12.2. The first kappa shape index (κ1) is 13.6. The Morgan fingerprint density at radius 2 is 2.36 bits per heavy atom. The molecule has 1 aliphatic rings. The van der Waals surface area contributed by atoms with Crippen LogP contribution in [-0.2, 0) is 6.54 Å². The third-order valence-corrected chi connectivity index (χ3v) is 5.06. The minimum atomic E-state index is 0.383. The van der Waals surface area contributed by atoms with Gasteiger partial charge in [0.2, 0.25) is 0 Å². The lowest BCUT2D eigenvalue weighted by Crippen LogP contribution is -2.23. The van der Waals surface area contributed by atoms with E-state index in [4.69, 9.17) is 0 Å². The van der Waals surface area contributed by atoms with Crippen LogP contribution in [0.15, 0.2) is 42.3 Å². The number of hydrogen-bond acceptors (Lipinski definition) is 5. The molecule has 1 N–H and O–H groups in total. The van der Waals surface area contributed by atoms with Crippen LogP contribution in [0.25, 0.3) is 10.6 Å². The molecule has 0 aliphatic carbocycles. The largest absolute Gasteiger partial charge is 0.290 e. The molecule has 1 aliphatic heterocycles. The number of aromatic nitrogens is 4. The first-order valence-electron chi connectivity index (χ1n) is 7.48. The molecular weight excluding hydrogens is 294 g/mol. The van der Waals surface area contributed by atoms with Crippen LogP contribution in [0.1, 0.15) is 30.1 Å². The molecule has 3 aromatic heterocycles. The van der Waals surface area contributed by atoms with Crippen molar-refractivity contribution in [3.8, 4) is 10.6 Å². The van der Waals surface area contributed by atoms with Crippen molar-refractivity contribution in [2.24, 2.45) is 0 Å². The molecule has 4 heterocycles. The highest BCUT2D eigenvalue weighted by molar-refractivity contribution is 7.13. The van der Waals surface area contributed by atoms with Gasteiger partial charge in [0.15, 0.2) is 0 Å². The molecule has 5 nitrogen and oxygen atoms in total. The Kier molecular flexibility index (Phi) is 3.70. The number of H-pyrrole nitrogens is 1. The molecule has 0 unspecified atom stereocenters. The lowest BCUT2D eigenvalue weighted by atomic mass is 10.1. The Bertz CT molecular complexity index is 722. The van der Waals surface area contributed by atoms with E-state index in [1.165, 1.54) is 16.9 Å². The summed E-state index contributed by atoms with van der Waals surface area (Å²) in [5.74, 6) is 0. The van der Waals surface area contributed by atoms with Gasteiger partial charge in [-0.1, -0.05) is 6.07 Å². The van der Waals surface area contributed by atoms with E-state index in [0.29, 0.717) is 6.04 Å². The zero-order valence-electron chi connectivity index (χ0n) is 12.1. The van der Waals surface area contributed by atoms with Gasteiger partial charge in [0.1, 0.15) is 6.33 Å². The second kappa shape index (κ2) is 5.98. The quantitative estimate of drug-likeness (QED) is 0.803. The van der Waals surface area contributed by atoms with Gasteiger partial charge in [-0.3, -0.25) is 10.00 Å². The predicted octanol–water partition coefficient (Wildman–Crippen LogP) is 3.27. The van der Waals surface area contributed by atoms with Crippen LogP contribution in [0, 0.1) is 0 Å². The molecule has 1 saturated heterocycles. The SMILES string of the molecule is c1csc(-c2[nH]ncc2CN2CCC[C@H]2c2ccncn2)c1. The molecule has 0 radical (unpaired) electrons. The van der Waals surface area contributed by atoms with E-state index in [9.17, 15) is 0 Å². The first-order valence-corrected chi connectivity index (χ1v) is 8.36. The van der Waals surface area contributed by atoms with Crippen molar-refractivity contribution < 1.29 is 0 Å². The van der Waals surface area contributed by atoms with Crippen molar-refractivity contribution in [3.05, 3.63) is 53.6 Å². The Labute approximate surface area is 133 Å². The van der Waals surface area contributed by atoms with Crippen LogP contribution >= 0.6 is 11.3 Å². The molecule has 112 valence electrons. The average molecular weight is 311 g/mol. The van der Waals surface area contributed by atoms with E-state index < -0.39 is 0 Å². The van der Waals surface area contributed by atoms with Gasteiger partial charge in [-0.2, -0.15) is 5.10 Å². The molecule has 0 amide bonds. The highest BCUT2D eigenvalue weighted by Crippen LogP contribution is 2.34. The Hall–Kier alpha value is -2.05. The monoisotopic (exact) mass is 311 g/mol. The molecule has 4 rings (SSSR count). The summed E-state index contributed by atoms with van der Waals surface area (Å²) < 4.78 is 0. The second-order valence-corrected chi connectivity index (χ2v) is 6.46. The van der Waals surface area contributed by atoms with E-state index in [2.05, 4.69) is 42.6 Å². The van der Waals surface area contributed by atoms with Crippen molar-refractivity contribution in [1.82, 2.24) is 25.1 Å². The Morgan fingerprint density at radius 1 is 1.36 bits per heavy atom. The van der Waals surface area contributed by atoms with Crippen LogP contribution in [0.3, 0.4) is 0 Å². The maximum absolute atomic E-state index is 4.44. The molecule has 1 atom stereocenters. The maximum Gasteiger partial charge on any atom is 0.115 e. The van der Waals surface area contributed by atoms with Crippen LogP contribution in [0.2, 0.25) is 0 Å². The molecule has 6 heteroatoms. The van der Waals surface area contributed by atoms with Gasteiger partial charge in [0.25, 0.3) is 0 Å². The molecule has 1 fully saturated rings. The zero-order chi connectivity index (χ0) is 14.8. The lowest BCUT2D eigenvalue weighted by Gasteiger charge is -2.23. The Morgan fingerprint density at radius 3 is 3.18 bits per heavy atom. The maximum atomic E-state index is 4.44. The lowest BCUT2D eigenvalue weighted by molar-refractivity contribution is 0.244. The minimum absolute atomic E-state index is 0.383. The van der Waals surface area contributed by atoms with Crippen LogP contribution in [0.5, 0.6) is 0 Å². The smallest absolute Gasteiger partial charge is 0.115 e. The van der Waals surface area contributed by atoms with Gasteiger partial charge in [-0.05, 0) is 36.9 Å². The third-order valence-electron chi connectivity index (χ3n) is 4.17. The van der Waals surface area contributed by atoms with Crippen LogP contribution < -0.4 is 0 Å². The summed E-state index contributed by atoms with van der Waals surface area (Å²) in [5, 5.41) is 9.49. The first-order chi connectivity index (χ1) is 10.9. The number of aromatic amines is 1. The molecular formula is C16H17N5S. The number of rotatable bonds is 4.